The summed E-state index contributed by atoms with van der Waals surface area (Å²) in [4.78, 5) is 16.0. The SMILES string of the molecule is CCNC(=NCc1cc(Cl)cc(Cl)c1OC(F)F)NCC(=O)NCCOC.I. The zero-order chi connectivity index (χ0) is 20.2. The van der Waals surface area contributed by atoms with Gasteiger partial charge in [-0.25, -0.2) is 4.99 Å². The van der Waals surface area contributed by atoms with Crippen LogP contribution < -0.4 is 20.7 Å². The van der Waals surface area contributed by atoms with Crippen LogP contribution >= 0.6 is 47.2 Å². The summed E-state index contributed by atoms with van der Waals surface area (Å²) in [7, 11) is 1.54. The predicted molar refractivity (Wildman–Crippen MR) is 116 cm³/mol. The van der Waals surface area contributed by atoms with Crippen LogP contribution in [0.5, 0.6) is 5.75 Å². The Morgan fingerprint density at radius 3 is 2.57 bits per heavy atom. The van der Waals surface area contributed by atoms with Crippen molar-refractivity contribution in [3.05, 3.63) is 27.7 Å². The van der Waals surface area contributed by atoms with Crippen molar-refractivity contribution >= 4 is 59.0 Å². The van der Waals surface area contributed by atoms with Gasteiger partial charge in [0.05, 0.1) is 24.7 Å². The smallest absolute Gasteiger partial charge is 0.387 e. The second kappa shape index (κ2) is 14.8. The van der Waals surface area contributed by atoms with Gasteiger partial charge >= 0.3 is 6.61 Å². The van der Waals surface area contributed by atoms with E-state index in [4.69, 9.17) is 27.9 Å². The zero-order valence-corrected chi connectivity index (χ0v) is 19.2. The van der Waals surface area contributed by atoms with Gasteiger partial charge in [0.2, 0.25) is 5.91 Å². The van der Waals surface area contributed by atoms with Gasteiger partial charge in [-0.05, 0) is 19.1 Å². The topological polar surface area (TPSA) is 84.0 Å². The summed E-state index contributed by atoms with van der Waals surface area (Å²) in [5.74, 6) is -0.114. The largest absolute Gasteiger partial charge is 0.433 e. The summed E-state index contributed by atoms with van der Waals surface area (Å²) in [5.41, 5.74) is 0.287. The lowest BCUT2D eigenvalue weighted by Crippen LogP contribution is -2.43. The molecule has 1 amide bonds. The third-order valence-corrected chi connectivity index (χ3v) is 3.59. The molecule has 0 bridgehead atoms. The van der Waals surface area contributed by atoms with Gasteiger partial charge in [0.25, 0.3) is 0 Å². The summed E-state index contributed by atoms with van der Waals surface area (Å²) in [6.45, 7) is 0.0802. The van der Waals surface area contributed by atoms with Gasteiger partial charge < -0.3 is 25.4 Å². The molecule has 1 aromatic rings. The van der Waals surface area contributed by atoms with Crippen molar-refractivity contribution in [2.75, 3.05) is 33.4 Å². The van der Waals surface area contributed by atoms with E-state index < -0.39 is 6.61 Å². The number of nitrogens with zero attached hydrogens (tertiary/aromatic N) is 1. The van der Waals surface area contributed by atoms with Gasteiger partial charge in [-0.2, -0.15) is 8.78 Å². The molecule has 0 atom stereocenters. The maximum absolute atomic E-state index is 12.6. The van der Waals surface area contributed by atoms with Crippen molar-refractivity contribution in [2.45, 2.75) is 20.1 Å². The number of guanidine groups is 1. The first-order valence-electron chi connectivity index (χ1n) is 8.07. The fraction of sp³-hybridized carbons (Fsp3) is 0.500. The summed E-state index contributed by atoms with van der Waals surface area (Å²) in [6, 6.07) is 2.75. The number of rotatable bonds is 10. The van der Waals surface area contributed by atoms with E-state index in [1.165, 1.54) is 19.2 Å². The van der Waals surface area contributed by atoms with Crippen LogP contribution in [0.4, 0.5) is 8.78 Å². The quantitative estimate of drug-likeness (QED) is 0.179. The number of hydrogen-bond acceptors (Lipinski definition) is 4. The van der Waals surface area contributed by atoms with Gasteiger partial charge in [-0.15, -0.1) is 24.0 Å². The lowest BCUT2D eigenvalue weighted by molar-refractivity contribution is -0.120. The lowest BCUT2D eigenvalue weighted by atomic mass is 10.2. The summed E-state index contributed by atoms with van der Waals surface area (Å²) in [6.07, 6.45) is 0. The van der Waals surface area contributed by atoms with E-state index in [0.29, 0.717) is 25.7 Å². The van der Waals surface area contributed by atoms with Crippen molar-refractivity contribution in [1.29, 1.82) is 0 Å². The normalized spacial score (nSPS) is 11.0. The van der Waals surface area contributed by atoms with Gasteiger partial charge in [0.1, 0.15) is 5.75 Å². The third kappa shape index (κ3) is 10.4. The van der Waals surface area contributed by atoms with E-state index in [2.05, 4.69) is 25.7 Å². The summed E-state index contributed by atoms with van der Waals surface area (Å²) in [5, 5.41) is 8.66. The molecule has 160 valence electrons. The molecule has 0 unspecified atom stereocenters. The Balaban J connectivity index is 0.00000729. The molecule has 0 aliphatic rings. The highest BCUT2D eigenvalue weighted by atomic mass is 127. The summed E-state index contributed by atoms with van der Waals surface area (Å²) < 4.78 is 34.5. The second-order valence-corrected chi connectivity index (χ2v) is 5.99. The fourth-order valence-corrected chi connectivity index (χ4v) is 2.56. The van der Waals surface area contributed by atoms with Crippen LogP contribution in [0.15, 0.2) is 17.1 Å². The minimum absolute atomic E-state index is 0. The molecule has 0 radical (unpaired) electrons. The molecule has 0 saturated heterocycles. The number of carbonyl (C=O) groups excluding carboxylic acids is 1. The molecule has 0 saturated carbocycles. The minimum atomic E-state index is -3.03. The number of halogens is 5. The molecule has 0 fully saturated rings. The molecular formula is C16H23Cl2F2IN4O3. The Hall–Kier alpha value is -1.11. The molecule has 0 heterocycles. The molecule has 28 heavy (non-hydrogen) atoms. The Labute approximate surface area is 189 Å². The van der Waals surface area contributed by atoms with Crippen molar-refractivity contribution < 1.29 is 23.0 Å². The molecule has 0 aliphatic heterocycles. The van der Waals surface area contributed by atoms with E-state index >= 15 is 0 Å². The highest BCUT2D eigenvalue weighted by Crippen LogP contribution is 2.34. The minimum Gasteiger partial charge on any atom is -0.433 e. The van der Waals surface area contributed by atoms with Gasteiger partial charge in [-0.1, -0.05) is 23.2 Å². The van der Waals surface area contributed by atoms with E-state index in [1.54, 1.807) is 0 Å². The van der Waals surface area contributed by atoms with Crippen LogP contribution in [0.1, 0.15) is 12.5 Å². The first-order chi connectivity index (χ1) is 12.9. The number of nitrogens with one attached hydrogen (secondary N) is 3. The maximum Gasteiger partial charge on any atom is 0.387 e. The number of carbonyl (C=O) groups is 1. The third-order valence-electron chi connectivity index (χ3n) is 3.09. The number of methoxy groups -OCH3 is 1. The average molecular weight is 555 g/mol. The molecule has 1 aromatic carbocycles. The van der Waals surface area contributed by atoms with E-state index in [0.717, 1.165) is 0 Å². The highest BCUT2D eigenvalue weighted by Gasteiger charge is 2.15. The number of hydrogen-bond donors (Lipinski definition) is 3. The number of benzene rings is 1. The van der Waals surface area contributed by atoms with Crippen molar-refractivity contribution in [3.8, 4) is 5.75 Å². The predicted octanol–water partition coefficient (Wildman–Crippen LogP) is 3.03. The molecule has 12 heteroatoms. The Morgan fingerprint density at radius 1 is 1.25 bits per heavy atom. The number of alkyl halides is 2. The Kier molecular flexibility index (Phi) is 14.2. The Morgan fingerprint density at radius 2 is 1.96 bits per heavy atom. The molecular weight excluding hydrogens is 532 g/mol. The van der Waals surface area contributed by atoms with E-state index in [9.17, 15) is 13.6 Å². The van der Waals surface area contributed by atoms with E-state index in [-0.39, 0.29) is 64.3 Å². The van der Waals surface area contributed by atoms with Gasteiger partial charge in [0.15, 0.2) is 5.96 Å². The van der Waals surface area contributed by atoms with Crippen LogP contribution in [0.2, 0.25) is 10.0 Å². The number of ether oxygens (including phenoxy) is 2. The van der Waals surface area contributed by atoms with Crippen LogP contribution in [0, 0.1) is 0 Å². The van der Waals surface area contributed by atoms with Crippen LogP contribution in [-0.4, -0.2) is 51.8 Å². The van der Waals surface area contributed by atoms with Crippen molar-refractivity contribution in [3.63, 3.8) is 0 Å². The van der Waals surface area contributed by atoms with E-state index in [1.807, 2.05) is 6.92 Å². The lowest BCUT2D eigenvalue weighted by Gasteiger charge is -2.14. The molecule has 0 aliphatic carbocycles. The molecule has 7 nitrogen and oxygen atoms in total. The first-order valence-corrected chi connectivity index (χ1v) is 8.83. The first kappa shape index (κ1) is 26.9. The maximum atomic E-state index is 12.6. The van der Waals surface area contributed by atoms with Crippen molar-refractivity contribution in [2.24, 2.45) is 4.99 Å². The highest BCUT2D eigenvalue weighted by molar-refractivity contribution is 14.0. The van der Waals surface area contributed by atoms with Gasteiger partial charge in [0, 0.05) is 30.8 Å². The standard InChI is InChI=1S/C16H22Cl2F2N4O3.HI/c1-3-21-16(24-9-13(25)22-4-5-26-2)23-8-10-6-11(17)7-12(18)14(10)27-15(19)20;/h6-7,15H,3-5,8-9H2,1-2H3,(H,22,25)(H2,21,23,24);1H. The number of amides is 1. The summed E-state index contributed by atoms with van der Waals surface area (Å²) >= 11 is 11.9. The Bertz CT molecular complexity index is 655. The monoisotopic (exact) mass is 554 g/mol. The molecule has 3 N–H and O–H groups in total. The van der Waals surface area contributed by atoms with Crippen LogP contribution in [0.3, 0.4) is 0 Å². The zero-order valence-electron chi connectivity index (χ0n) is 15.4. The second-order valence-electron chi connectivity index (χ2n) is 5.15. The number of aliphatic imine (C=N–C) groups is 1. The molecule has 0 spiro atoms. The molecule has 1 rings (SSSR count). The molecule has 0 aromatic heterocycles. The van der Waals surface area contributed by atoms with Gasteiger partial charge in [-0.3, -0.25) is 4.79 Å². The average Bonchev–Trinajstić information content (AvgIpc) is 2.60. The van der Waals surface area contributed by atoms with Crippen LogP contribution in [-0.2, 0) is 16.1 Å². The fourth-order valence-electron chi connectivity index (χ4n) is 1.98. The van der Waals surface area contributed by atoms with Crippen LogP contribution in [0.25, 0.3) is 0 Å². The van der Waals surface area contributed by atoms with Crippen molar-refractivity contribution in [1.82, 2.24) is 16.0 Å².